The lowest BCUT2D eigenvalue weighted by atomic mass is 9.79. The molecule has 0 amide bonds. The topological polar surface area (TPSA) is 46.5 Å². The highest BCUT2D eigenvalue weighted by atomic mass is 16.5. The molecule has 2 rings (SSSR count). The molecule has 0 fully saturated rings. The van der Waals surface area contributed by atoms with E-state index in [2.05, 4.69) is 0 Å². The van der Waals surface area contributed by atoms with Crippen LogP contribution in [0.25, 0.3) is 0 Å². The van der Waals surface area contributed by atoms with Crippen LogP contribution in [0.5, 0.6) is 0 Å². The van der Waals surface area contributed by atoms with Gasteiger partial charge in [-0.1, -0.05) is 37.3 Å². The number of rotatable bonds is 4. The number of ketones is 1. The van der Waals surface area contributed by atoms with Crippen molar-refractivity contribution in [3.05, 3.63) is 47.7 Å². The van der Waals surface area contributed by atoms with E-state index in [1.807, 2.05) is 37.3 Å². The molecule has 1 aromatic rings. The predicted molar refractivity (Wildman–Crippen MR) is 69.2 cm³/mol. The molecule has 0 saturated carbocycles. The van der Waals surface area contributed by atoms with Crippen LogP contribution in [0.3, 0.4) is 0 Å². The monoisotopic (exact) mass is 246 g/mol. The van der Waals surface area contributed by atoms with Crippen molar-refractivity contribution in [1.29, 1.82) is 0 Å². The summed E-state index contributed by atoms with van der Waals surface area (Å²) in [6.07, 6.45) is 2.45. The van der Waals surface area contributed by atoms with Gasteiger partial charge in [0.15, 0.2) is 5.78 Å². The van der Waals surface area contributed by atoms with Crippen molar-refractivity contribution in [3.8, 4) is 0 Å². The first-order valence-electron chi connectivity index (χ1n) is 6.16. The van der Waals surface area contributed by atoms with Gasteiger partial charge in [0.1, 0.15) is 5.76 Å². The van der Waals surface area contributed by atoms with E-state index in [-0.39, 0.29) is 11.5 Å². The Kier molecular flexibility index (Phi) is 3.82. The summed E-state index contributed by atoms with van der Waals surface area (Å²) in [7, 11) is 0. The van der Waals surface area contributed by atoms with Crippen LogP contribution in [0, 0.1) is 5.41 Å². The fourth-order valence-electron chi connectivity index (χ4n) is 2.04. The van der Waals surface area contributed by atoms with E-state index >= 15 is 0 Å². The van der Waals surface area contributed by atoms with Crippen molar-refractivity contribution >= 4 is 5.78 Å². The molecule has 1 N–H and O–H groups in total. The van der Waals surface area contributed by atoms with Crippen molar-refractivity contribution < 1.29 is 14.6 Å². The number of allylic oxidation sites excluding steroid dienone is 1. The van der Waals surface area contributed by atoms with Crippen LogP contribution >= 0.6 is 0 Å². The summed E-state index contributed by atoms with van der Waals surface area (Å²) in [5, 5.41) is 9.86. The van der Waals surface area contributed by atoms with Crippen molar-refractivity contribution in [2.75, 3.05) is 6.61 Å². The summed E-state index contributed by atoms with van der Waals surface area (Å²) in [6, 6.07) is 9.91. The Morgan fingerprint density at radius 3 is 2.72 bits per heavy atom. The SMILES string of the molecule is CC1(COCc2ccccc2)CCC(=O)C=C1O. The molecule has 0 aliphatic heterocycles. The van der Waals surface area contributed by atoms with Crippen LogP contribution in [0.4, 0.5) is 0 Å². The highest BCUT2D eigenvalue weighted by Gasteiger charge is 2.33. The molecule has 0 spiro atoms. The number of aliphatic hydroxyl groups excluding tert-OH is 1. The number of aliphatic hydroxyl groups is 1. The minimum Gasteiger partial charge on any atom is -0.512 e. The van der Waals surface area contributed by atoms with Crippen LogP contribution in [0.1, 0.15) is 25.3 Å². The fraction of sp³-hybridized carbons (Fsp3) is 0.400. The Labute approximate surface area is 107 Å². The smallest absolute Gasteiger partial charge is 0.159 e. The maximum absolute atomic E-state index is 11.2. The second-order valence-corrected chi connectivity index (χ2v) is 5.03. The molecule has 3 nitrogen and oxygen atoms in total. The van der Waals surface area contributed by atoms with Crippen molar-refractivity contribution in [3.63, 3.8) is 0 Å². The van der Waals surface area contributed by atoms with Gasteiger partial charge in [-0.25, -0.2) is 0 Å². The van der Waals surface area contributed by atoms with E-state index in [0.29, 0.717) is 26.1 Å². The van der Waals surface area contributed by atoms with Crippen LogP contribution in [-0.4, -0.2) is 17.5 Å². The number of carbonyl (C=O) groups excluding carboxylic acids is 1. The third-order valence-corrected chi connectivity index (χ3v) is 3.37. The number of hydrogen-bond donors (Lipinski definition) is 1. The van der Waals surface area contributed by atoms with Gasteiger partial charge in [0.25, 0.3) is 0 Å². The predicted octanol–water partition coefficient (Wildman–Crippen LogP) is 3.01. The highest BCUT2D eigenvalue weighted by molar-refractivity contribution is 5.91. The summed E-state index contributed by atoms with van der Waals surface area (Å²) in [6.45, 7) is 2.88. The highest BCUT2D eigenvalue weighted by Crippen LogP contribution is 2.34. The Bertz CT molecular complexity index is 450. The first kappa shape index (κ1) is 12.8. The minimum absolute atomic E-state index is 0.00645. The molecule has 1 aromatic carbocycles. The maximum Gasteiger partial charge on any atom is 0.159 e. The van der Waals surface area contributed by atoms with E-state index in [1.54, 1.807) is 0 Å². The van der Waals surface area contributed by atoms with Crippen LogP contribution in [-0.2, 0) is 16.1 Å². The van der Waals surface area contributed by atoms with Gasteiger partial charge in [-0.15, -0.1) is 0 Å². The third kappa shape index (κ3) is 2.99. The molecule has 0 bridgehead atoms. The number of carbonyl (C=O) groups is 1. The molecule has 3 heteroatoms. The van der Waals surface area contributed by atoms with Gasteiger partial charge in [-0.3, -0.25) is 4.79 Å². The number of ether oxygens (including phenoxy) is 1. The van der Waals surface area contributed by atoms with Crippen molar-refractivity contribution in [1.82, 2.24) is 0 Å². The molecular weight excluding hydrogens is 228 g/mol. The molecular formula is C15H18O3. The number of hydrogen-bond acceptors (Lipinski definition) is 3. The molecule has 1 atom stereocenters. The summed E-state index contributed by atoms with van der Waals surface area (Å²) in [5.41, 5.74) is 0.680. The largest absolute Gasteiger partial charge is 0.512 e. The van der Waals surface area contributed by atoms with E-state index in [1.165, 1.54) is 6.08 Å². The molecule has 18 heavy (non-hydrogen) atoms. The van der Waals surface area contributed by atoms with Crippen LogP contribution in [0.2, 0.25) is 0 Å². The van der Waals surface area contributed by atoms with E-state index in [0.717, 1.165) is 5.56 Å². The van der Waals surface area contributed by atoms with Crippen LogP contribution in [0.15, 0.2) is 42.2 Å². The fourth-order valence-corrected chi connectivity index (χ4v) is 2.04. The van der Waals surface area contributed by atoms with E-state index in [4.69, 9.17) is 4.74 Å². The molecule has 1 aliphatic carbocycles. The summed E-state index contributed by atoms with van der Waals surface area (Å²) in [4.78, 5) is 11.2. The average Bonchev–Trinajstić information content (AvgIpc) is 2.36. The lowest BCUT2D eigenvalue weighted by Crippen LogP contribution is -2.30. The second kappa shape index (κ2) is 5.36. The third-order valence-electron chi connectivity index (χ3n) is 3.37. The van der Waals surface area contributed by atoms with Gasteiger partial charge in [0.2, 0.25) is 0 Å². The Morgan fingerprint density at radius 1 is 1.33 bits per heavy atom. The van der Waals surface area contributed by atoms with Gasteiger partial charge in [-0.2, -0.15) is 0 Å². The first-order chi connectivity index (χ1) is 8.60. The molecule has 96 valence electrons. The molecule has 0 radical (unpaired) electrons. The standard InChI is InChI=1S/C15H18O3/c1-15(8-7-13(16)9-14(15)17)11-18-10-12-5-3-2-4-6-12/h2-6,9,17H,7-8,10-11H2,1H3. The Hall–Kier alpha value is -1.61. The lowest BCUT2D eigenvalue weighted by molar-refractivity contribution is -0.116. The minimum atomic E-state index is -0.428. The molecule has 1 unspecified atom stereocenters. The Balaban J connectivity index is 1.90. The van der Waals surface area contributed by atoms with Gasteiger partial charge in [-0.05, 0) is 12.0 Å². The van der Waals surface area contributed by atoms with Gasteiger partial charge in [0, 0.05) is 17.9 Å². The normalized spacial score (nSPS) is 23.8. The summed E-state index contributed by atoms with van der Waals surface area (Å²) < 4.78 is 5.66. The average molecular weight is 246 g/mol. The Morgan fingerprint density at radius 2 is 2.06 bits per heavy atom. The van der Waals surface area contributed by atoms with Gasteiger partial charge >= 0.3 is 0 Å². The van der Waals surface area contributed by atoms with Crippen molar-refractivity contribution in [2.45, 2.75) is 26.4 Å². The molecule has 0 heterocycles. The molecule has 0 aromatic heterocycles. The van der Waals surface area contributed by atoms with Gasteiger partial charge < -0.3 is 9.84 Å². The van der Waals surface area contributed by atoms with E-state index in [9.17, 15) is 9.90 Å². The van der Waals surface area contributed by atoms with E-state index < -0.39 is 5.41 Å². The van der Waals surface area contributed by atoms with Crippen LogP contribution < -0.4 is 0 Å². The quantitative estimate of drug-likeness (QED) is 0.888. The number of benzene rings is 1. The zero-order chi connectivity index (χ0) is 13.0. The summed E-state index contributed by atoms with van der Waals surface area (Å²) in [5.74, 6) is 0.139. The lowest BCUT2D eigenvalue weighted by Gasteiger charge is -2.31. The molecule has 1 aliphatic rings. The van der Waals surface area contributed by atoms with Gasteiger partial charge in [0.05, 0.1) is 13.2 Å². The first-order valence-corrected chi connectivity index (χ1v) is 6.16. The second-order valence-electron chi connectivity index (χ2n) is 5.03. The van der Waals surface area contributed by atoms with Crippen molar-refractivity contribution in [2.24, 2.45) is 5.41 Å². The summed E-state index contributed by atoms with van der Waals surface area (Å²) >= 11 is 0. The maximum atomic E-state index is 11.2. The zero-order valence-corrected chi connectivity index (χ0v) is 10.6. The molecule has 0 saturated heterocycles. The zero-order valence-electron chi connectivity index (χ0n) is 10.6.